The molecule has 0 saturated carbocycles. The van der Waals surface area contributed by atoms with Crippen molar-refractivity contribution in [3.63, 3.8) is 0 Å². The molecule has 0 aliphatic carbocycles. The van der Waals surface area contributed by atoms with Gasteiger partial charge in [0.1, 0.15) is 0 Å². The first kappa shape index (κ1) is 20.9. The number of nitrogens with zero attached hydrogens (tertiary/aromatic N) is 3. The van der Waals surface area contributed by atoms with Crippen LogP contribution in [-0.4, -0.2) is 57.6 Å². The quantitative estimate of drug-likeness (QED) is 0.582. The molecule has 7 nitrogen and oxygen atoms in total. The molecule has 0 bridgehead atoms. The average molecular weight is 439 g/mol. The largest absolute Gasteiger partial charge is 0.465 e. The SMILES string of the molecule is Cc1c(-c2cccc(N)c2)nc2cc(C(=O)N3CCN(C(=O)O)C(C)C3)ccc2c1Cl. The number of nitrogens with two attached hydrogens (primary N) is 1. The van der Waals surface area contributed by atoms with E-state index in [4.69, 9.17) is 22.3 Å². The summed E-state index contributed by atoms with van der Waals surface area (Å²) < 4.78 is 0. The highest BCUT2D eigenvalue weighted by Gasteiger charge is 2.30. The Morgan fingerprint density at radius 3 is 2.65 bits per heavy atom. The van der Waals surface area contributed by atoms with E-state index in [0.29, 0.717) is 41.4 Å². The fourth-order valence-corrected chi connectivity index (χ4v) is 4.28. The van der Waals surface area contributed by atoms with Gasteiger partial charge in [0, 0.05) is 47.9 Å². The van der Waals surface area contributed by atoms with Gasteiger partial charge in [0.2, 0.25) is 0 Å². The fourth-order valence-electron chi connectivity index (χ4n) is 4.03. The highest BCUT2D eigenvalue weighted by Crippen LogP contribution is 2.34. The van der Waals surface area contributed by atoms with Crippen LogP contribution in [0.25, 0.3) is 22.2 Å². The fraction of sp³-hybridized carbons (Fsp3) is 0.261. The standard InChI is InChI=1S/C23H23ClN4O3/c1-13-12-27(8-9-28(13)23(30)31)22(29)16-6-7-18-19(11-16)26-21(14(2)20(18)24)15-4-3-5-17(25)10-15/h3-7,10-11,13H,8-9,12,25H2,1-2H3,(H,30,31). The third-order valence-corrected chi connectivity index (χ3v) is 6.21. The molecule has 2 heterocycles. The molecule has 1 aromatic heterocycles. The number of carbonyl (C=O) groups is 2. The molecule has 1 unspecified atom stereocenters. The Labute approximate surface area is 185 Å². The molecule has 3 aromatic rings. The number of carbonyl (C=O) groups excluding carboxylic acids is 1. The first-order chi connectivity index (χ1) is 14.8. The van der Waals surface area contributed by atoms with Gasteiger partial charge in [-0.05, 0) is 43.7 Å². The lowest BCUT2D eigenvalue weighted by molar-refractivity contribution is 0.0507. The monoisotopic (exact) mass is 438 g/mol. The molecule has 8 heteroatoms. The number of pyridine rings is 1. The van der Waals surface area contributed by atoms with Crippen LogP contribution in [-0.2, 0) is 0 Å². The van der Waals surface area contributed by atoms with E-state index in [1.54, 1.807) is 24.0 Å². The maximum Gasteiger partial charge on any atom is 0.407 e. The van der Waals surface area contributed by atoms with E-state index in [1.165, 1.54) is 4.90 Å². The van der Waals surface area contributed by atoms with Crippen molar-refractivity contribution in [2.75, 3.05) is 25.4 Å². The summed E-state index contributed by atoms with van der Waals surface area (Å²) in [5.41, 5.74) is 10.1. The number of piperazine rings is 1. The predicted molar refractivity (Wildman–Crippen MR) is 121 cm³/mol. The average Bonchev–Trinajstić information content (AvgIpc) is 2.75. The Hall–Kier alpha value is -3.32. The second-order valence-corrected chi connectivity index (χ2v) is 8.21. The number of carboxylic acid groups (broad SMARTS) is 1. The van der Waals surface area contributed by atoms with Gasteiger partial charge in [-0.3, -0.25) is 4.79 Å². The summed E-state index contributed by atoms with van der Waals surface area (Å²) in [6.45, 7) is 4.70. The summed E-state index contributed by atoms with van der Waals surface area (Å²) in [5, 5.41) is 10.6. The van der Waals surface area contributed by atoms with Gasteiger partial charge in [0.15, 0.2) is 0 Å². The summed E-state index contributed by atoms with van der Waals surface area (Å²) in [4.78, 5) is 32.2. The van der Waals surface area contributed by atoms with E-state index in [0.717, 1.165) is 22.2 Å². The lowest BCUT2D eigenvalue weighted by Gasteiger charge is -2.38. The maximum atomic E-state index is 13.1. The van der Waals surface area contributed by atoms with Gasteiger partial charge in [-0.25, -0.2) is 9.78 Å². The van der Waals surface area contributed by atoms with Crippen LogP contribution in [0.15, 0.2) is 42.5 Å². The lowest BCUT2D eigenvalue weighted by Crippen LogP contribution is -2.55. The van der Waals surface area contributed by atoms with Crippen LogP contribution in [0.3, 0.4) is 0 Å². The second kappa shape index (κ2) is 8.07. The number of rotatable bonds is 2. The number of halogens is 1. The molecule has 1 fully saturated rings. The zero-order chi connectivity index (χ0) is 22.3. The highest BCUT2D eigenvalue weighted by molar-refractivity contribution is 6.36. The number of hydrogen-bond donors (Lipinski definition) is 2. The van der Waals surface area contributed by atoms with Gasteiger partial charge in [-0.15, -0.1) is 0 Å². The molecule has 1 atom stereocenters. The Kier molecular flexibility index (Phi) is 5.45. The van der Waals surface area contributed by atoms with Crippen LogP contribution in [0, 0.1) is 6.92 Å². The van der Waals surface area contributed by atoms with Crippen LogP contribution in [0.5, 0.6) is 0 Å². The maximum absolute atomic E-state index is 13.1. The molecule has 2 amide bonds. The predicted octanol–water partition coefficient (Wildman–Crippen LogP) is 4.27. The van der Waals surface area contributed by atoms with Gasteiger partial charge in [0.05, 0.1) is 16.2 Å². The minimum Gasteiger partial charge on any atom is -0.465 e. The van der Waals surface area contributed by atoms with Crippen molar-refractivity contribution in [2.45, 2.75) is 19.9 Å². The van der Waals surface area contributed by atoms with E-state index in [9.17, 15) is 14.7 Å². The molecule has 1 aliphatic heterocycles. The van der Waals surface area contributed by atoms with Crippen LogP contribution >= 0.6 is 11.6 Å². The van der Waals surface area contributed by atoms with E-state index in [2.05, 4.69) is 0 Å². The van der Waals surface area contributed by atoms with Crippen LogP contribution < -0.4 is 5.73 Å². The van der Waals surface area contributed by atoms with Gasteiger partial charge in [-0.2, -0.15) is 0 Å². The van der Waals surface area contributed by atoms with Gasteiger partial charge in [-0.1, -0.05) is 29.8 Å². The number of amides is 2. The Bertz CT molecular complexity index is 1200. The molecule has 1 aliphatic rings. The highest BCUT2D eigenvalue weighted by atomic mass is 35.5. The van der Waals surface area contributed by atoms with E-state index in [1.807, 2.05) is 37.3 Å². The third-order valence-electron chi connectivity index (χ3n) is 5.72. The molecule has 0 spiro atoms. The molecule has 2 aromatic carbocycles. The summed E-state index contributed by atoms with van der Waals surface area (Å²) in [5.74, 6) is -0.150. The van der Waals surface area contributed by atoms with Crippen molar-refractivity contribution in [1.29, 1.82) is 0 Å². The van der Waals surface area contributed by atoms with Crippen molar-refractivity contribution in [3.8, 4) is 11.3 Å². The Morgan fingerprint density at radius 1 is 1.19 bits per heavy atom. The van der Waals surface area contributed by atoms with Crippen molar-refractivity contribution in [1.82, 2.24) is 14.8 Å². The molecule has 31 heavy (non-hydrogen) atoms. The van der Waals surface area contributed by atoms with E-state index >= 15 is 0 Å². The van der Waals surface area contributed by atoms with E-state index < -0.39 is 6.09 Å². The zero-order valence-corrected chi connectivity index (χ0v) is 18.1. The zero-order valence-electron chi connectivity index (χ0n) is 17.3. The molecular weight excluding hydrogens is 416 g/mol. The van der Waals surface area contributed by atoms with Crippen molar-refractivity contribution in [2.24, 2.45) is 0 Å². The number of aromatic nitrogens is 1. The summed E-state index contributed by atoms with van der Waals surface area (Å²) >= 11 is 6.64. The molecular formula is C23H23ClN4O3. The summed E-state index contributed by atoms with van der Waals surface area (Å²) in [6, 6.07) is 12.5. The first-order valence-electron chi connectivity index (χ1n) is 10.0. The van der Waals surface area contributed by atoms with Crippen molar-refractivity contribution in [3.05, 3.63) is 58.6 Å². The third kappa shape index (κ3) is 3.88. The normalized spacial score (nSPS) is 16.5. The number of anilines is 1. The smallest absolute Gasteiger partial charge is 0.407 e. The van der Waals surface area contributed by atoms with Gasteiger partial charge >= 0.3 is 6.09 Å². The lowest BCUT2D eigenvalue weighted by atomic mass is 10.0. The van der Waals surface area contributed by atoms with Crippen LogP contribution in [0.2, 0.25) is 5.02 Å². The molecule has 0 radical (unpaired) electrons. The van der Waals surface area contributed by atoms with Crippen molar-refractivity contribution < 1.29 is 14.7 Å². The van der Waals surface area contributed by atoms with Crippen molar-refractivity contribution >= 4 is 40.2 Å². The molecule has 3 N–H and O–H groups in total. The number of benzene rings is 2. The Morgan fingerprint density at radius 2 is 1.97 bits per heavy atom. The van der Waals surface area contributed by atoms with E-state index in [-0.39, 0.29) is 11.9 Å². The minimum atomic E-state index is -0.964. The second-order valence-electron chi connectivity index (χ2n) is 7.83. The Balaban J connectivity index is 1.70. The summed E-state index contributed by atoms with van der Waals surface area (Å²) in [7, 11) is 0. The molecule has 160 valence electrons. The minimum absolute atomic E-state index is 0.150. The van der Waals surface area contributed by atoms with Gasteiger partial charge < -0.3 is 20.6 Å². The molecule has 1 saturated heterocycles. The molecule has 4 rings (SSSR count). The summed E-state index contributed by atoms with van der Waals surface area (Å²) in [6.07, 6.45) is -0.964. The first-order valence-corrected chi connectivity index (χ1v) is 10.4. The topological polar surface area (TPSA) is 99.8 Å². The van der Waals surface area contributed by atoms with Crippen LogP contribution in [0.1, 0.15) is 22.8 Å². The number of nitrogen functional groups attached to an aromatic ring is 1. The number of fused-ring (bicyclic) bond motifs is 1. The van der Waals surface area contributed by atoms with Crippen LogP contribution in [0.4, 0.5) is 10.5 Å². The number of hydrogen-bond acceptors (Lipinski definition) is 4. The van der Waals surface area contributed by atoms with Gasteiger partial charge in [0.25, 0.3) is 5.91 Å².